The van der Waals surface area contributed by atoms with Crippen molar-refractivity contribution >= 4 is 66.2 Å². The number of rotatable bonds is 4. The van der Waals surface area contributed by atoms with Crippen molar-refractivity contribution in [1.29, 1.82) is 0 Å². The van der Waals surface area contributed by atoms with E-state index in [-0.39, 0.29) is 0 Å². The molecule has 4 heteroatoms. The second-order valence-corrected chi connectivity index (χ2v) is 14.9. The van der Waals surface area contributed by atoms with Crippen LogP contribution >= 0.6 is 0 Å². The molecule has 0 spiro atoms. The Balaban J connectivity index is 1.17. The SMILES string of the molecule is CC1C=Cc2c(c3ccccc3n2-c2cc(-c3ccc4c(c3)c3c(-c5ccccc5)nc5cccc4n53)cc(-n3c4ccccc4c4ccccc43)c2)C1. The van der Waals surface area contributed by atoms with E-state index in [1.165, 1.54) is 71.4 Å². The molecule has 12 rings (SSSR count). The van der Waals surface area contributed by atoms with Crippen LogP contribution in [0.3, 0.4) is 0 Å². The summed E-state index contributed by atoms with van der Waals surface area (Å²) >= 11 is 0. The Morgan fingerprint density at radius 2 is 1.13 bits per heavy atom. The van der Waals surface area contributed by atoms with Gasteiger partial charge in [0.2, 0.25) is 0 Å². The van der Waals surface area contributed by atoms with Gasteiger partial charge in [-0.15, -0.1) is 0 Å². The van der Waals surface area contributed by atoms with Gasteiger partial charge in [0.05, 0.1) is 33.3 Å². The highest BCUT2D eigenvalue weighted by Crippen LogP contribution is 2.42. The molecule has 0 aliphatic heterocycles. The maximum absolute atomic E-state index is 5.17. The Kier molecular flexibility index (Phi) is 6.07. The minimum atomic E-state index is 0.502. The third kappa shape index (κ3) is 4.11. The number of hydrogen-bond donors (Lipinski definition) is 0. The van der Waals surface area contributed by atoms with Crippen LogP contribution in [0.15, 0.2) is 164 Å². The lowest BCUT2D eigenvalue weighted by molar-refractivity contribution is 0.718. The molecular formula is C50H34N4. The number of hydrogen-bond acceptors (Lipinski definition) is 1. The number of para-hydroxylation sites is 3. The van der Waals surface area contributed by atoms with E-state index in [9.17, 15) is 0 Å². The maximum atomic E-state index is 5.17. The summed E-state index contributed by atoms with van der Waals surface area (Å²) in [6.45, 7) is 2.32. The monoisotopic (exact) mass is 690 g/mol. The summed E-state index contributed by atoms with van der Waals surface area (Å²) in [7, 11) is 0. The largest absolute Gasteiger partial charge is 0.309 e. The molecule has 1 unspecified atom stereocenters. The standard InChI is InChI=1S/C50H34N4/c1-31-22-25-47-41(26-31)39-16-7-10-19-45(39)53(47)36-28-34(27-35(30-36)52-43-17-8-5-14-37(43)38-15-6-9-18-44(38)52)33-23-24-40-42(29-33)50-49(32-12-3-2-4-13-32)51-48-21-11-20-46(40)54(48)50/h2-25,27-31H,26H2,1H3. The lowest BCUT2D eigenvalue weighted by Gasteiger charge is -2.18. The van der Waals surface area contributed by atoms with E-state index in [0.29, 0.717) is 5.92 Å². The van der Waals surface area contributed by atoms with E-state index < -0.39 is 0 Å². The van der Waals surface area contributed by atoms with Crippen LogP contribution in [0.2, 0.25) is 0 Å². The topological polar surface area (TPSA) is 27.2 Å². The smallest absolute Gasteiger partial charge is 0.138 e. The molecule has 0 fully saturated rings. The van der Waals surface area contributed by atoms with Gasteiger partial charge in [-0.3, -0.25) is 4.40 Å². The molecule has 5 aromatic heterocycles. The summed E-state index contributed by atoms with van der Waals surface area (Å²) in [5.74, 6) is 0.502. The lowest BCUT2D eigenvalue weighted by Crippen LogP contribution is -2.06. The van der Waals surface area contributed by atoms with Gasteiger partial charge in [0, 0.05) is 49.6 Å². The minimum Gasteiger partial charge on any atom is -0.309 e. The molecule has 4 nitrogen and oxygen atoms in total. The van der Waals surface area contributed by atoms with Crippen molar-refractivity contribution in [3.05, 3.63) is 175 Å². The van der Waals surface area contributed by atoms with Crippen molar-refractivity contribution in [3.63, 3.8) is 0 Å². The van der Waals surface area contributed by atoms with Gasteiger partial charge in [-0.1, -0.05) is 116 Å². The zero-order valence-corrected chi connectivity index (χ0v) is 29.7. The van der Waals surface area contributed by atoms with Crippen molar-refractivity contribution in [3.8, 4) is 33.8 Å². The predicted molar refractivity (Wildman–Crippen MR) is 225 cm³/mol. The quantitative estimate of drug-likeness (QED) is 0.181. The molecule has 1 aliphatic carbocycles. The number of allylic oxidation sites excluding steroid dienone is 1. The van der Waals surface area contributed by atoms with Crippen LogP contribution in [-0.4, -0.2) is 18.5 Å². The number of imidazole rings is 1. The van der Waals surface area contributed by atoms with Gasteiger partial charge in [0.1, 0.15) is 5.65 Å². The Bertz CT molecular complexity index is 3260. The van der Waals surface area contributed by atoms with Crippen LogP contribution in [-0.2, 0) is 6.42 Å². The maximum Gasteiger partial charge on any atom is 0.138 e. The van der Waals surface area contributed by atoms with E-state index >= 15 is 0 Å². The molecule has 1 aliphatic rings. The van der Waals surface area contributed by atoms with Crippen LogP contribution in [0, 0.1) is 5.92 Å². The van der Waals surface area contributed by atoms with Gasteiger partial charge in [-0.05, 0) is 89.7 Å². The van der Waals surface area contributed by atoms with Gasteiger partial charge in [0.25, 0.3) is 0 Å². The van der Waals surface area contributed by atoms with E-state index in [2.05, 4.69) is 190 Å². The fourth-order valence-electron chi connectivity index (χ4n) is 9.35. The van der Waals surface area contributed by atoms with Gasteiger partial charge in [-0.25, -0.2) is 4.98 Å². The molecular weight excluding hydrogens is 657 g/mol. The van der Waals surface area contributed by atoms with E-state index in [1.807, 2.05) is 0 Å². The summed E-state index contributed by atoms with van der Waals surface area (Å²) in [6, 6.07) is 57.7. The fraction of sp³-hybridized carbons (Fsp3) is 0.0600. The molecule has 0 saturated heterocycles. The number of fused-ring (bicyclic) bond motifs is 9. The Hall–Kier alpha value is -6.91. The summed E-state index contributed by atoms with van der Waals surface area (Å²) < 4.78 is 7.28. The molecule has 54 heavy (non-hydrogen) atoms. The normalized spacial score (nSPS) is 14.4. The fourth-order valence-corrected chi connectivity index (χ4v) is 9.35. The first-order chi connectivity index (χ1) is 26.7. The van der Waals surface area contributed by atoms with Crippen molar-refractivity contribution < 1.29 is 0 Å². The summed E-state index contributed by atoms with van der Waals surface area (Å²) in [6.07, 6.45) is 5.75. The van der Waals surface area contributed by atoms with Gasteiger partial charge in [-0.2, -0.15) is 0 Å². The van der Waals surface area contributed by atoms with E-state index in [0.717, 1.165) is 40.2 Å². The van der Waals surface area contributed by atoms with Gasteiger partial charge in [0.15, 0.2) is 0 Å². The number of benzene rings is 6. The number of aromatic nitrogens is 4. The molecule has 5 heterocycles. The zero-order chi connectivity index (χ0) is 35.5. The van der Waals surface area contributed by atoms with E-state index in [4.69, 9.17) is 4.98 Å². The molecule has 6 aromatic carbocycles. The average molecular weight is 691 g/mol. The molecule has 0 amide bonds. The van der Waals surface area contributed by atoms with E-state index in [1.54, 1.807) is 0 Å². The Morgan fingerprint density at radius 1 is 0.500 bits per heavy atom. The summed E-state index contributed by atoms with van der Waals surface area (Å²) in [5, 5.41) is 6.30. The van der Waals surface area contributed by atoms with Crippen LogP contribution in [0.25, 0.3) is 100.0 Å². The Morgan fingerprint density at radius 3 is 1.89 bits per heavy atom. The van der Waals surface area contributed by atoms with Crippen LogP contribution in [0.4, 0.5) is 0 Å². The molecule has 11 aromatic rings. The lowest BCUT2D eigenvalue weighted by atomic mass is 9.93. The predicted octanol–water partition coefficient (Wildman–Crippen LogP) is 12.7. The van der Waals surface area contributed by atoms with Crippen LogP contribution in [0.5, 0.6) is 0 Å². The molecule has 0 N–H and O–H groups in total. The highest BCUT2D eigenvalue weighted by atomic mass is 15.0. The van der Waals surface area contributed by atoms with Crippen LogP contribution in [0.1, 0.15) is 18.2 Å². The molecule has 0 saturated carbocycles. The molecule has 254 valence electrons. The third-order valence-corrected chi connectivity index (χ3v) is 11.7. The Labute approximate surface area is 311 Å². The second-order valence-electron chi connectivity index (χ2n) is 14.9. The number of pyridine rings is 1. The van der Waals surface area contributed by atoms with Crippen molar-refractivity contribution in [2.45, 2.75) is 13.3 Å². The first-order valence-corrected chi connectivity index (χ1v) is 18.9. The summed E-state index contributed by atoms with van der Waals surface area (Å²) in [5.41, 5.74) is 16.5. The molecule has 0 radical (unpaired) electrons. The summed E-state index contributed by atoms with van der Waals surface area (Å²) in [4.78, 5) is 5.17. The first kappa shape index (κ1) is 29.6. The van der Waals surface area contributed by atoms with Crippen molar-refractivity contribution in [1.82, 2.24) is 18.5 Å². The van der Waals surface area contributed by atoms with Crippen molar-refractivity contribution in [2.24, 2.45) is 5.92 Å². The van der Waals surface area contributed by atoms with Crippen LogP contribution < -0.4 is 0 Å². The average Bonchev–Trinajstić information content (AvgIpc) is 3.97. The molecule has 1 atom stereocenters. The highest BCUT2D eigenvalue weighted by Gasteiger charge is 2.23. The van der Waals surface area contributed by atoms with Gasteiger partial charge >= 0.3 is 0 Å². The third-order valence-electron chi connectivity index (χ3n) is 11.7. The highest BCUT2D eigenvalue weighted by molar-refractivity contribution is 6.15. The first-order valence-electron chi connectivity index (χ1n) is 18.9. The minimum absolute atomic E-state index is 0.502. The van der Waals surface area contributed by atoms with Crippen molar-refractivity contribution in [2.75, 3.05) is 0 Å². The zero-order valence-electron chi connectivity index (χ0n) is 29.7. The van der Waals surface area contributed by atoms with Gasteiger partial charge < -0.3 is 9.13 Å². The number of nitrogens with zero attached hydrogens (tertiary/aromatic N) is 4. The molecule has 0 bridgehead atoms. The second kappa shape index (κ2) is 11.0.